The van der Waals surface area contributed by atoms with E-state index in [0.29, 0.717) is 16.3 Å². The maximum atomic E-state index is 12.4. The molecule has 0 spiro atoms. The summed E-state index contributed by atoms with van der Waals surface area (Å²) in [7, 11) is 0. The molecular weight excluding hydrogens is 284 g/mol. The third-order valence-electron chi connectivity index (χ3n) is 3.19. The van der Waals surface area contributed by atoms with Crippen LogP contribution in [0.25, 0.3) is 10.2 Å². The molecule has 0 bridgehead atoms. The minimum Gasteiger partial charge on any atom is -0.397 e. The lowest BCUT2D eigenvalue weighted by atomic mass is 10.2. The highest BCUT2D eigenvalue weighted by Crippen LogP contribution is 2.33. The minimum absolute atomic E-state index is 0.232. The average molecular weight is 298 g/mol. The fourth-order valence-corrected chi connectivity index (χ4v) is 3.09. The molecule has 0 aromatic carbocycles. The quantitative estimate of drug-likeness (QED) is 0.761. The number of nitrogen functional groups attached to an aromatic ring is 1. The van der Waals surface area contributed by atoms with Crippen molar-refractivity contribution in [3.05, 3.63) is 46.7 Å². The van der Waals surface area contributed by atoms with Crippen molar-refractivity contribution < 1.29 is 4.79 Å². The Morgan fingerprint density at radius 3 is 2.86 bits per heavy atom. The molecule has 0 aliphatic carbocycles. The predicted octanol–water partition coefficient (Wildman–Crippen LogP) is 3.14. The number of pyridine rings is 2. The van der Waals surface area contributed by atoms with Gasteiger partial charge < -0.3 is 11.1 Å². The van der Waals surface area contributed by atoms with Crippen LogP contribution in [0.4, 0.5) is 11.4 Å². The number of thiophene rings is 1. The Kier molecular flexibility index (Phi) is 3.31. The van der Waals surface area contributed by atoms with Crippen LogP contribution in [0.1, 0.15) is 21.1 Å². The van der Waals surface area contributed by atoms with Gasteiger partial charge in [-0.25, -0.2) is 4.98 Å². The van der Waals surface area contributed by atoms with E-state index in [9.17, 15) is 4.79 Å². The van der Waals surface area contributed by atoms with Crippen molar-refractivity contribution in [1.29, 1.82) is 0 Å². The Hall–Kier alpha value is -2.47. The van der Waals surface area contributed by atoms with E-state index in [1.165, 1.54) is 11.3 Å². The van der Waals surface area contributed by atoms with Gasteiger partial charge in [0, 0.05) is 17.3 Å². The normalized spacial score (nSPS) is 10.8. The molecule has 0 fully saturated rings. The molecule has 0 aliphatic heterocycles. The SMILES string of the molecule is Cc1ccc2c(N)c(C(=O)Nc3cccnc3C)sc2n1. The zero-order valence-corrected chi connectivity index (χ0v) is 12.5. The summed E-state index contributed by atoms with van der Waals surface area (Å²) in [6, 6.07) is 7.38. The van der Waals surface area contributed by atoms with Gasteiger partial charge in [0.15, 0.2) is 0 Å². The Morgan fingerprint density at radius 1 is 1.29 bits per heavy atom. The number of anilines is 2. The number of nitrogens with two attached hydrogens (primary N) is 1. The van der Waals surface area contributed by atoms with Gasteiger partial charge in [0.2, 0.25) is 0 Å². The summed E-state index contributed by atoms with van der Waals surface area (Å²) in [6.07, 6.45) is 1.69. The number of nitrogens with zero attached hydrogens (tertiary/aromatic N) is 2. The van der Waals surface area contributed by atoms with Crippen molar-refractivity contribution in [2.24, 2.45) is 0 Å². The number of hydrogen-bond acceptors (Lipinski definition) is 5. The molecule has 3 aromatic heterocycles. The third-order valence-corrected chi connectivity index (χ3v) is 4.31. The van der Waals surface area contributed by atoms with Gasteiger partial charge in [0.1, 0.15) is 9.71 Å². The lowest BCUT2D eigenvalue weighted by Crippen LogP contribution is -2.13. The maximum Gasteiger partial charge on any atom is 0.268 e. The number of carbonyl (C=O) groups excluding carboxylic acids is 1. The standard InChI is InChI=1S/C15H14N4OS/c1-8-5-6-10-12(16)13(21-15(10)18-8)14(20)19-11-4-3-7-17-9(11)2/h3-7H,16H2,1-2H3,(H,19,20). The van der Waals surface area contributed by atoms with Crippen molar-refractivity contribution in [2.45, 2.75) is 13.8 Å². The molecule has 1 amide bonds. The van der Waals surface area contributed by atoms with Crippen molar-refractivity contribution in [3.63, 3.8) is 0 Å². The summed E-state index contributed by atoms with van der Waals surface area (Å²) >= 11 is 1.30. The second-order valence-electron chi connectivity index (χ2n) is 4.74. The summed E-state index contributed by atoms with van der Waals surface area (Å²) in [4.78, 5) is 22.2. The zero-order chi connectivity index (χ0) is 15.0. The van der Waals surface area contributed by atoms with E-state index < -0.39 is 0 Å². The average Bonchev–Trinajstić information content (AvgIpc) is 2.78. The number of nitrogens with one attached hydrogen (secondary N) is 1. The number of aromatic nitrogens is 2. The van der Waals surface area contributed by atoms with Gasteiger partial charge in [-0.3, -0.25) is 9.78 Å². The van der Waals surface area contributed by atoms with Gasteiger partial charge in [-0.1, -0.05) is 0 Å². The first-order valence-corrected chi connectivity index (χ1v) is 7.26. The van der Waals surface area contributed by atoms with Crippen molar-refractivity contribution in [1.82, 2.24) is 9.97 Å². The topological polar surface area (TPSA) is 80.9 Å². The summed E-state index contributed by atoms with van der Waals surface area (Å²) < 4.78 is 0. The number of fused-ring (bicyclic) bond motifs is 1. The smallest absolute Gasteiger partial charge is 0.268 e. The molecule has 0 saturated carbocycles. The molecule has 3 N–H and O–H groups in total. The number of hydrogen-bond donors (Lipinski definition) is 2. The lowest BCUT2D eigenvalue weighted by molar-refractivity contribution is 0.103. The molecule has 21 heavy (non-hydrogen) atoms. The number of carbonyl (C=O) groups is 1. The van der Waals surface area contributed by atoms with Gasteiger partial charge in [0.05, 0.1) is 17.1 Å². The molecule has 0 aliphatic rings. The van der Waals surface area contributed by atoms with Crippen molar-refractivity contribution in [2.75, 3.05) is 11.1 Å². The van der Waals surface area contributed by atoms with Gasteiger partial charge in [-0.2, -0.15) is 0 Å². The van der Waals surface area contributed by atoms with E-state index in [0.717, 1.165) is 21.6 Å². The number of aryl methyl sites for hydroxylation is 2. The molecular formula is C15H14N4OS. The van der Waals surface area contributed by atoms with Crippen LogP contribution >= 0.6 is 11.3 Å². The highest BCUT2D eigenvalue weighted by molar-refractivity contribution is 7.21. The molecule has 0 atom stereocenters. The van der Waals surface area contributed by atoms with Gasteiger partial charge >= 0.3 is 0 Å². The molecule has 3 heterocycles. The minimum atomic E-state index is -0.232. The molecule has 0 saturated heterocycles. The number of rotatable bonds is 2. The van der Waals surface area contributed by atoms with E-state index in [4.69, 9.17) is 5.73 Å². The van der Waals surface area contributed by atoms with Crippen LogP contribution in [0.5, 0.6) is 0 Å². The van der Waals surface area contributed by atoms with Gasteiger partial charge in [0.25, 0.3) is 5.91 Å². The summed E-state index contributed by atoms with van der Waals surface area (Å²) in [6.45, 7) is 3.75. The van der Waals surface area contributed by atoms with E-state index in [-0.39, 0.29) is 5.91 Å². The van der Waals surface area contributed by atoms with Crippen LogP contribution in [0.2, 0.25) is 0 Å². The zero-order valence-electron chi connectivity index (χ0n) is 11.7. The van der Waals surface area contributed by atoms with Gasteiger partial charge in [-0.15, -0.1) is 11.3 Å². The first-order chi connectivity index (χ1) is 10.1. The summed E-state index contributed by atoms with van der Waals surface area (Å²) in [5, 5.41) is 3.66. The highest BCUT2D eigenvalue weighted by atomic mass is 32.1. The van der Waals surface area contributed by atoms with E-state index in [1.54, 1.807) is 12.3 Å². The van der Waals surface area contributed by atoms with Crippen molar-refractivity contribution >= 4 is 38.8 Å². The van der Waals surface area contributed by atoms with Crippen LogP contribution in [0, 0.1) is 13.8 Å². The monoisotopic (exact) mass is 298 g/mol. The number of amides is 1. The summed E-state index contributed by atoms with van der Waals surface area (Å²) in [5.41, 5.74) is 8.90. The first-order valence-electron chi connectivity index (χ1n) is 6.45. The molecule has 0 unspecified atom stereocenters. The molecule has 106 valence electrons. The Balaban J connectivity index is 1.98. The Labute approximate surface area is 125 Å². The van der Waals surface area contributed by atoms with E-state index in [1.807, 2.05) is 32.0 Å². The van der Waals surface area contributed by atoms with Gasteiger partial charge in [-0.05, 0) is 38.1 Å². The van der Waals surface area contributed by atoms with Crippen LogP contribution in [-0.2, 0) is 0 Å². The third kappa shape index (κ3) is 2.45. The van der Waals surface area contributed by atoms with E-state index >= 15 is 0 Å². The van der Waals surface area contributed by atoms with Crippen LogP contribution in [0.15, 0.2) is 30.5 Å². The Morgan fingerprint density at radius 2 is 2.10 bits per heavy atom. The molecule has 3 rings (SSSR count). The molecule has 3 aromatic rings. The van der Waals surface area contributed by atoms with Crippen LogP contribution in [-0.4, -0.2) is 15.9 Å². The first kappa shape index (κ1) is 13.5. The second kappa shape index (κ2) is 5.14. The Bertz CT molecular complexity index is 841. The highest BCUT2D eigenvalue weighted by Gasteiger charge is 2.18. The van der Waals surface area contributed by atoms with Crippen LogP contribution in [0.3, 0.4) is 0 Å². The van der Waals surface area contributed by atoms with Crippen LogP contribution < -0.4 is 11.1 Å². The summed E-state index contributed by atoms with van der Waals surface area (Å²) in [5.74, 6) is -0.232. The predicted molar refractivity (Wildman–Crippen MR) is 85.7 cm³/mol. The molecule has 6 heteroatoms. The molecule has 5 nitrogen and oxygen atoms in total. The second-order valence-corrected chi connectivity index (χ2v) is 5.74. The largest absolute Gasteiger partial charge is 0.397 e. The maximum absolute atomic E-state index is 12.4. The lowest BCUT2D eigenvalue weighted by Gasteiger charge is -2.06. The van der Waals surface area contributed by atoms with E-state index in [2.05, 4.69) is 15.3 Å². The molecule has 0 radical (unpaired) electrons. The van der Waals surface area contributed by atoms with Crippen molar-refractivity contribution in [3.8, 4) is 0 Å². The fourth-order valence-electron chi connectivity index (χ4n) is 2.05. The fraction of sp³-hybridized carbons (Fsp3) is 0.133.